The van der Waals surface area contributed by atoms with Crippen LogP contribution in [0.4, 0.5) is 4.79 Å². The Balaban J connectivity index is 2.16. The van der Waals surface area contributed by atoms with Gasteiger partial charge in [-0.3, -0.25) is 0 Å². The molecule has 2 aromatic rings. The first-order valence-electron chi connectivity index (χ1n) is 5.73. The van der Waals surface area contributed by atoms with Crippen LogP contribution in [-0.2, 0) is 6.42 Å². The summed E-state index contributed by atoms with van der Waals surface area (Å²) in [5.74, 6) is 0.702. The van der Waals surface area contributed by atoms with E-state index in [1.54, 1.807) is 31.4 Å². The molecule has 1 amide bonds. The topological polar surface area (TPSA) is 118 Å². The number of nitrogens with zero attached hydrogens (tertiary/aromatic N) is 2. The maximum atomic E-state index is 10.8. The minimum absolute atomic E-state index is 0.000665. The van der Waals surface area contributed by atoms with E-state index in [-0.39, 0.29) is 5.89 Å². The highest BCUT2D eigenvalue weighted by molar-refractivity contribution is 5.65. The van der Waals surface area contributed by atoms with E-state index in [1.165, 1.54) is 0 Å². The first kappa shape index (κ1) is 13.7. The third-order valence-electron chi connectivity index (χ3n) is 2.62. The number of rotatable bonds is 5. The fourth-order valence-corrected chi connectivity index (χ4v) is 1.71. The van der Waals surface area contributed by atoms with E-state index in [4.69, 9.17) is 19.4 Å². The summed E-state index contributed by atoms with van der Waals surface area (Å²) in [4.78, 5) is 10.8. The SMILES string of the molecule is COc1ccc(C[C@H](NC(=O)O)c2nnc(O)o2)cc1. The molecule has 1 aromatic carbocycles. The third-order valence-corrected chi connectivity index (χ3v) is 2.62. The van der Waals surface area contributed by atoms with Crippen LogP contribution in [0.3, 0.4) is 0 Å². The van der Waals surface area contributed by atoms with Crippen LogP contribution in [0.25, 0.3) is 0 Å². The molecule has 0 saturated carbocycles. The van der Waals surface area contributed by atoms with E-state index in [0.717, 1.165) is 5.56 Å². The number of amides is 1. The van der Waals surface area contributed by atoms with Crippen molar-refractivity contribution in [2.24, 2.45) is 0 Å². The minimum atomic E-state index is -1.22. The van der Waals surface area contributed by atoms with E-state index < -0.39 is 18.2 Å². The summed E-state index contributed by atoms with van der Waals surface area (Å²) in [6.07, 6.45) is -1.52. The van der Waals surface area contributed by atoms with Crippen LogP contribution in [0.5, 0.6) is 11.8 Å². The molecular formula is C12H13N3O5. The van der Waals surface area contributed by atoms with Crippen molar-refractivity contribution in [3.63, 3.8) is 0 Å². The monoisotopic (exact) mass is 279 g/mol. The zero-order valence-electron chi connectivity index (χ0n) is 10.6. The van der Waals surface area contributed by atoms with Gasteiger partial charge in [0.05, 0.1) is 7.11 Å². The maximum Gasteiger partial charge on any atom is 0.412 e. The molecule has 8 nitrogen and oxygen atoms in total. The largest absolute Gasteiger partial charge is 0.497 e. The highest BCUT2D eigenvalue weighted by atomic mass is 16.5. The third kappa shape index (κ3) is 3.37. The number of aromatic hydroxyl groups is 1. The Kier molecular flexibility index (Phi) is 4.04. The smallest absolute Gasteiger partial charge is 0.412 e. The van der Waals surface area contributed by atoms with Gasteiger partial charge in [0.25, 0.3) is 0 Å². The number of aromatic nitrogens is 2. The zero-order valence-corrected chi connectivity index (χ0v) is 10.6. The predicted octanol–water partition coefficient (Wildman–Crippen LogP) is 1.34. The first-order chi connectivity index (χ1) is 9.58. The van der Waals surface area contributed by atoms with Crippen molar-refractivity contribution >= 4 is 6.09 Å². The number of benzene rings is 1. The molecule has 20 heavy (non-hydrogen) atoms. The summed E-state index contributed by atoms with van der Waals surface area (Å²) < 4.78 is 9.89. The number of methoxy groups -OCH3 is 1. The van der Waals surface area contributed by atoms with E-state index in [9.17, 15) is 4.79 Å². The molecule has 8 heteroatoms. The van der Waals surface area contributed by atoms with Crippen LogP contribution in [0.2, 0.25) is 0 Å². The van der Waals surface area contributed by atoms with Gasteiger partial charge in [-0.25, -0.2) is 4.79 Å². The van der Waals surface area contributed by atoms with Crippen molar-refractivity contribution in [3.05, 3.63) is 35.7 Å². The molecular weight excluding hydrogens is 266 g/mol. The number of carbonyl (C=O) groups is 1. The van der Waals surface area contributed by atoms with Crippen LogP contribution in [0.1, 0.15) is 17.5 Å². The van der Waals surface area contributed by atoms with Gasteiger partial charge >= 0.3 is 12.2 Å². The summed E-state index contributed by atoms with van der Waals surface area (Å²) in [6.45, 7) is 0. The van der Waals surface area contributed by atoms with Gasteiger partial charge in [0, 0.05) is 6.42 Å². The van der Waals surface area contributed by atoms with Crippen molar-refractivity contribution in [3.8, 4) is 11.8 Å². The highest BCUT2D eigenvalue weighted by Crippen LogP contribution is 2.21. The molecule has 0 bridgehead atoms. The fraction of sp³-hybridized carbons (Fsp3) is 0.250. The Hall–Kier alpha value is -2.77. The molecule has 0 fully saturated rings. The first-order valence-corrected chi connectivity index (χ1v) is 5.73. The summed E-state index contributed by atoms with van der Waals surface area (Å²) in [6, 6.07) is 6.38. The van der Waals surface area contributed by atoms with E-state index >= 15 is 0 Å². The molecule has 0 unspecified atom stereocenters. The summed E-state index contributed by atoms with van der Waals surface area (Å²) in [5.41, 5.74) is 0.849. The van der Waals surface area contributed by atoms with Gasteiger partial charge in [-0.1, -0.05) is 17.2 Å². The predicted molar refractivity (Wildman–Crippen MR) is 66.6 cm³/mol. The Morgan fingerprint density at radius 3 is 2.60 bits per heavy atom. The lowest BCUT2D eigenvalue weighted by molar-refractivity contribution is 0.186. The quantitative estimate of drug-likeness (QED) is 0.755. The molecule has 1 aromatic heterocycles. The number of hydrogen-bond donors (Lipinski definition) is 3. The van der Waals surface area contributed by atoms with Crippen LogP contribution in [0, 0.1) is 0 Å². The zero-order chi connectivity index (χ0) is 14.5. The van der Waals surface area contributed by atoms with Crippen molar-refractivity contribution in [1.29, 1.82) is 0 Å². The second kappa shape index (κ2) is 5.91. The molecule has 106 valence electrons. The Bertz CT molecular complexity index is 581. The molecule has 0 aliphatic rings. The average molecular weight is 279 g/mol. The number of nitrogens with one attached hydrogen (secondary N) is 1. The summed E-state index contributed by atoms with van der Waals surface area (Å²) in [7, 11) is 1.56. The molecule has 2 rings (SSSR count). The molecule has 1 heterocycles. The standard InChI is InChI=1S/C12H13N3O5/c1-19-8-4-2-7(3-5-8)6-9(13-11(16)17)10-14-15-12(18)20-10/h2-5,9,13H,6H2,1H3,(H,15,18)(H,16,17)/t9-/m0/s1. The molecule has 0 radical (unpaired) electrons. The number of ether oxygens (including phenoxy) is 1. The van der Waals surface area contributed by atoms with E-state index in [2.05, 4.69) is 15.5 Å². The average Bonchev–Trinajstić information content (AvgIpc) is 2.85. The van der Waals surface area contributed by atoms with Gasteiger partial charge in [-0.15, -0.1) is 5.10 Å². The van der Waals surface area contributed by atoms with Gasteiger partial charge in [0.15, 0.2) is 0 Å². The minimum Gasteiger partial charge on any atom is -0.497 e. The summed E-state index contributed by atoms with van der Waals surface area (Å²) in [5, 5.41) is 27.0. The van der Waals surface area contributed by atoms with Crippen LogP contribution >= 0.6 is 0 Å². The Morgan fingerprint density at radius 1 is 1.40 bits per heavy atom. The molecule has 0 spiro atoms. The highest BCUT2D eigenvalue weighted by Gasteiger charge is 2.21. The van der Waals surface area contributed by atoms with Gasteiger partial charge in [-0.05, 0) is 17.7 Å². The van der Waals surface area contributed by atoms with Crippen molar-refractivity contribution in [2.75, 3.05) is 7.11 Å². The van der Waals surface area contributed by atoms with Crippen molar-refractivity contribution in [1.82, 2.24) is 15.5 Å². The van der Waals surface area contributed by atoms with E-state index in [0.29, 0.717) is 12.2 Å². The number of carboxylic acid groups (broad SMARTS) is 1. The van der Waals surface area contributed by atoms with Gasteiger partial charge in [-0.2, -0.15) is 0 Å². The lowest BCUT2D eigenvalue weighted by Gasteiger charge is -2.13. The van der Waals surface area contributed by atoms with Crippen molar-refractivity contribution < 1.29 is 24.2 Å². The van der Waals surface area contributed by atoms with Gasteiger partial charge in [0.2, 0.25) is 5.89 Å². The van der Waals surface area contributed by atoms with Gasteiger partial charge in [0.1, 0.15) is 11.8 Å². The maximum absolute atomic E-state index is 10.8. The number of hydrogen-bond acceptors (Lipinski definition) is 6. The lowest BCUT2D eigenvalue weighted by Crippen LogP contribution is -2.28. The summed E-state index contributed by atoms with van der Waals surface area (Å²) >= 11 is 0. The van der Waals surface area contributed by atoms with E-state index in [1.807, 2.05) is 0 Å². The van der Waals surface area contributed by atoms with Crippen LogP contribution in [-0.4, -0.2) is 33.6 Å². The molecule has 0 aliphatic carbocycles. The second-order valence-electron chi connectivity index (χ2n) is 3.98. The Morgan fingerprint density at radius 2 is 2.10 bits per heavy atom. The molecule has 0 aliphatic heterocycles. The van der Waals surface area contributed by atoms with Crippen LogP contribution in [0.15, 0.2) is 28.7 Å². The Labute approximate surface area is 114 Å². The molecule has 1 atom stereocenters. The van der Waals surface area contributed by atoms with Crippen LogP contribution < -0.4 is 10.1 Å². The van der Waals surface area contributed by atoms with Gasteiger partial charge < -0.3 is 24.7 Å². The van der Waals surface area contributed by atoms with Crippen molar-refractivity contribution in [2.45, 2.75) is 12.5 Å². The fourth-order valence-electron chi connectivity index (χ4n) is 1.71. The lowest BCUT2D eigenvalue weighted by atomic mass is 10.1. The normalized spacial score (nSPS) is 11.8. The second-order valence-corrected chi connectivity index (χ2v) is 3.98. The molecule has 3 N–H and O–H groups in total. The molecule has 0 saturated heterocycles.